The lowest BCUT2D eigenvalue weighted by Gasteiger charge is -2.23. The normalized spacial score (nSPS) is 12.3. The van der Waals surface area contributed by atoms with Crippen LogP contribution in [0.25, 0.3) is 6.08 Å². The molecule has 112 valence electrons. The predicted molar refractivity (Wildman–Crippen MR) is 80.8 cm³/mol. The first-order valence-corrected chi connectivity index (χ1v) is 6.63. The number of hydrogen-bond acceptors (Lipinski definition) is 4. The fourth-order valence-corrected chi connectivity index (χ4v) is 1.88. The summed E-state index contributed by atoms with van der Waals surface area (Å²) < 4.78 is 5.21. The van der Waals surface area contributed by atoms with E-state index in [2.05, 4.69) is 11.0 Å². The second kappa shape index (κ2) is 8.08. The number of hydrogen-bond donors (Lipinski definition) is 1. The molecule has 1 aromatic rings. The van der Waals surface area contributed by atoms with E-state index in [9.17, 15) is 4.79 Å². The van der Waals surface area contributed by atoms with Gasteiger partial charge < -0.3 is 9.84 Å². The molecule has 0 aliphatic rings. The third-order valence-electron chi connectivity index (χ3n) is 3.31. The first-order chi connectivity index (χ1) is 9.97. The van der Waals surface area contributed by atoms with Gasteiger partial charge in [0.15, 0.2) is 0 Å². The number of nitriles is 1. The van der Waals surface area contributed by atoms with Crippen LogP contribution in [0.1, 0.15) is 24.5 Å². The zero-order chi connectivity index (χ0) is 15.8. The van der Waals surface area contributed by atoms with E-state index in [1.165, 1.54) is 0 Å². The van der Waals surface area contributed by atoms with E-state index in [-0.39, 0.29) is 6.04 Å². The quantitative estimate of drug-likeness (QED) is 0.780. The summed E-state index contributed by atoms with van der Waals surface area (Å²) in [4.78, 5) is 12.7. The Morgan fingerprint density at radius 3 is 2.86 bits per heavy atom. The molecule has 5 heteroatoms. The van der Waals surface area contributed by atoms with Gasteiger partial charge in [-0.2, -0.15) is 5.26 Å². The van der Waals surface area contributed by atoms with Crippen LogP contribution in [0.5, 0.6) is 5.75 Å². The Labute approximate surface area is 125 Å². The van der Waals surface area contributed by atoms with Crippen molar-refractivity contribution in [1.82, 2.24) is 4.90 Å². The average molecular weight is 288 g/mol. The lowest BCUT2D eigenvalue weighted by molar-refractivity contribution is -0.131. The van der Waals surface area contributed by atoms with Gasteiger partial charge >= 0.3 is 5.97 Å². The molecule has 0 aromatic heterocycles. The molecule has 0 saturated heterocycles. The molecule has 0 bridgehead atoms. The summed E-state index contributed by atoms with van der Waals surface area (Å²) in [5, 5.41) is 17.5. The third-order valence-corrected chi connectivity index (χ3v) is 3.31. The number of benzene rings is 1. The molecular weight excluding hydrogens is 268 g/mol. The second-order valence-electron chi connectivity index (χ2n) is 4.86. The molecular formula is C16H20N2O3. The molecule has 1 rings (SSSR count). The molecule has 0 heterocycles. The number of carboxylic acids is 1. The lowest BCUT2D eigenvalue weighted by atomic mass is 10.0. The van der Waals surface area contributed by atoms with Crippen molar-refractivity contribution in [3.8, 4) is 11.8 Å². The van der Waals surface area contributed by atoms with Gasteiger partial charge in [0.2, 0.25) is 0 Å². The average Bonchev–Trinajstić information content (AvgIpc) is 2.45. The maximum atomic E-state index is 10.7. The predicted octanol–water partition coefficient (Wildman–Crippen LogP) is 2.53. The van der Waals surface area contributed by atoms with Crippen molar-refractivity contribution in [2.45, 2.75) is 25.9 Å². The van der Waals surface area contributed by atoms with Gasteiger partial charge in [0.25, 0.3) is 0 Å². The van der Waals surface area contributed by atoms with E-state index in [1.807, 2.05) is 26.1 Å². The fraction of sp³-hybridized carbons (Fsp3) is 0.375. The summed E-state index contributed by atoms with van der Waals surface area (Å²) in [6.07, 6.45) is 3.13. The molecule has 0 spiro atoms. The number of nitrogens with zero attached hydrogens (tertiary/aromatic N) is 2. The van der Waals surface area contributed by atoms with Crippen molar-refractivity contribution >= 4 is 12.0 Å². The number of methoxy groups -OCH3 is 1. The number of carboxylic acid groups (broad SMARTS) is 1. The summed E-state index contributed by atoms with van der Waals surface area (Å²) in [7, 11) is 3.53. The third kappa shape index (κ3) is 5.28. The SMILES string of the molecule is COc1ccc(C=CC(=O)O)c(CN(C)C(C)CC#N)c1. The van der Waals surface area contributed by atoms with Crippen molar-refractivity contribution in [2.75, 3.05) is 14.2 Å². The highest BCUT2D eigenvalue weighted by Gasteiger charge is 2.11. The molecule has 1 atom stereocenters. The summed E-state index contributed by atoms with van der Waals surface area (Å²) in [5.74, 6) is -0.262. The molecule has 5 nitrogen and oxygen atoms in total. The fourth-order valence-electron chi connectivity index (χ4n) is 1.88. The van der Waals surface area contributed by atoms with Gasteiger partial charge in [-0.05, 0) is 43.3 Å². The van der Waals surface area contributed by atoms with Crippen LogP contribution in [-0.4, -0.2) is 36.2 Å². The van der Waals surface area contributed by atoms with E-state index in [0.717, 1.165) is 23.0 Å². The van der Waals surface area contributed by atoms with Crippen molar-refractivity contribution in [3.63, 3.8) is 0 Å². The zero-order valence-electron chi connectivity index (χ0n) is 12.5. The van der Waals surface area contributed by atoms with Crippen molar-refractivity contribution < 1.29 is 14.6 Å². The Kier molecular flexibility index (Phi) is 6.44. The Hall–Kier alpha value is -2.32. The van der Waals surface area contributed by atoms with Gasteiger partial charge in [-0.1, -0.05) is 6.07 Å². The molecule has 0 aliphatic carbocycles. The summed E-state index contributed by atoms with van der Waals surface area (Å²) in [6, 6.07) is 7.79. The van der Waals surface area contributed by atoms with Gasteiger partial charge in [0.05, 0.1) is 19.6 Å². The molecule has 1 unspecified atom stereocenters. The largest absolute Gasteiger partial charge is 0.497 e. The molecule has 0 aliphatic heterocycles. The maximum Gasteiger partial charge on any atom is 0.328 e. The number of ether oxygens (including phenoxy) is 1. The highest BCUT2D eigenvalue weighted by atomic mass is 16.5. The van der Waals surface area contributed by atoms with Gasteiger partial charge in [-0.3, -0.25) is 4.90 Å². The molecule has 0 radical (unpaired) electrons. The first-order valence-electron chi connectivity index (χ1n) is 6.63. The molecule has 21 heavy (non-hydrogen) atoms. The van der Waals surface area contributed by atoms with Crippen LogP contribution in [0.15, 0.2) is 24.3 Å². The topological polar surface area (TPSA) is 73.6 Å². The van der Waals surface area contributed by atoms with Gasteiger partial charge in [-0.25, -0.2) is 4.79 Å². The Balaban J connectivity index is 3.01. The Morgan fingerprint density at radius 2 is 2.29 bits per heavy atom. The highest BCUT2D eigenvalue weighted by Crippen LogP contribution is 2.21. The van der Waals surface area contributed by atoms with Gasteiger partial charge in [0.1, 0.15) is 5.75 Å². The molecule has 1 N–H and O–H groups in total. The van der Waals surface area contributed by atoms with E-state index in [4.69, 9.17) is 15.1 Å². The minimum atomic E-state index is -0.983. The summed E-state index contributed by atoms with van der Waals surface area (Å²) in [6.45, 7) is 2.59. The number of aliphatic carboxylic acids is 1. The zero-order valence-corrected chi connectivity index (χ0v) is 12.5. The van der Waals surface area contributed by atoms with Gasteiger partial charge in [0, 0.05) is 18.7 Å². The monoisotopic (exact) mass is 288 g/mol. The maximum absolute atomic E-state index is 10.7. The standard InChI is InChI=1S/C16H20N2O3/c1-12(8-9-17)18(2)11-14-10-15(21-3)6-4-13(14)5-7-16(19)20/h4-7,10,12H,8,11H2,1-3H3,(H,19,20). The van der Waals surface area contributed by atoms with Crippen molar-refractivity contribution in [2.24, 2.45) is 0 Å². The Morgan fingerprint density at radius 1 is 1.57 bits per heavy atom. The van der Waals surface area contributed by atoms with E-state index in [0.29, 0.717) is 13.0 Å². The van der Waals surface area contributed by atoms with Crippen LogP contribution in [0.2, 0.25) is 0 Å². The second-order valence-corrected chi connectivity index (χ2v) is 4.86. The lowest BCUT2D eigenvalue weighted by Crippen LogP contribution is -2.28. The van der Waals surface area contributed by atoms with E-state index in [1.54, 1.807) is 19.3 Å². The van der Waals surface area contributed by atoms with Crippen LogP contribution in [0, 0.1) is 11.3 Å². The first kappa shape index (κ1) is 16.7. The molecule has 0 amide bonds. The van der Waals surface area contributed by atoms with Crippen molar-refractivity contribution in [1.29, 1.82) is 5.26 Å². The highest BCUT2D eigenvalue weighted by molar-refractivity contribution is 5.85. The minimum absolute atomic E-state index is 0.123. The van der Waals surface area contributed by atoms with Crippen LogP contribution in [0.4, 0.5) is 0 Å². The van der Waals surface area contributed by atoms with E-state index >= 15 is 0 Å². The van der Waals surface area contributed by atoms with Crippen LogP contribution in [0.3, 0.4) is 0 Å². The van der Waals surface area contributed by atoms with Crippen LogP contribution >= 0.6 is 0 Å². The summed E-state index contributed by atoms with van der Waals surface area (Å²) >= 11 is 0. The molecule has 0 fully saturated rings. The van der Waals surface area contributed by atoms with E-state index < -0.39 is 5.97 Å². The number of carbonyl (C=O) groups is 1. The van der Waals surface area contributed by atoms with Gasteiger partial charge in [-0.15, -0.1) is 0 Å². The van der Waals surface area contributed by atoms with Crippen LogP contribution in [-0.2, 0) is 11.3 Å². The molecule has 1 aromatic carbocycles. The van der Waals surface area contributed by atoms with Crippen molar-refractivity contribution in [3.05, 3.63) is 35.4 Å². The number of rotatable bonds is 7. The Bertz CT molecular complexity index is 561. The smallest absolute Gasteiger partial charge is 0.328 e. The summed E-state index contributed by atoms with van der Waals surface area (Å²) in [5.41, 5.74) is 1.79. The minimum Gasteiger partial charge on any atom is -0.497 e. The van der Waals surface area contributed by atoms with Crippen LogP contribution < -0.4 is 4.74 Å². The molecule has 0 saturated carbocycles.